The van der Waals surface area contributed by atoms with Gasteiger partial charge in [0.1, 0.15) is 5.69 Å². The van der Waals surface area contributed by atoms with Crippen molar-refractivity contribution in [3.63, 3.8) is 0 Å². The molecule has 0 aliphatic heterocycles. The van der Waals surface area contributed by atoms with E-state index in [-0.39, 0.29) is 5.38 Å². The average molecular weight is 287 g/mol. The molecule has 0 fully saturated rings. The van der Waals surface area contributed by atoms with Crippen molar-refractivity contribution in [1.82, 2.24) is 15.0 Å². The van der Waals surface area contributed by atoms with Gasteiger partial charge in [0.25, 0.3) is 0 Å². The lowest BCUT2D eigenvalue weighted by molar-refractivity contribution is 0.794. The lowest BCUT2D eigenvalue weighted by atomic mass is 10.3. The first kappa shape index (κ1) is 10.6. The van der Waals surface area contributed by atoms with Crippen LogP contribution in [0.2, 0.25) is 0 Å². The quantitative estimate of drug-likeness (QED) is 0.793. The first-order chi connectivity index (χ1) is 7.18. The molecule has 1 heterocycles. The molecule has 15 heavy (non-hydrogen) atoms. The minimum absolute atomic E-state index is 0.124. The summed E-state index contributed by atoms with van der Waals surface area (Å²) in [6, 6.07) is 7.82. The number of aromatic nitrogens is 3. The van der Waals surface area contributed by atoms with Crippen LogP contribution in [0.3, 0.4) is 0 Å². The van der Waals surface area contributed by atoms with E-state index in [1.54, 1.807) is 4.68 Å². The highest BCUT2D eigenvalue weighted by Crippen LogP contribution is 2.22. The van der Waals surface area contributed by atoms with Crippen molar-refractivity contribution in [2.24, 2.45) is 0 Å². The maximum absolute atomic E-state index is 5.92. The van der Waals surface area contributed by atoms with Crippen molar-refractivity contribution >= 4 is 27.5 Å². The molecule has 0 saturated heterocycles. The van der Waals surface area contributed by atoms with E-state index in [0.29, 0.717) is 0 Å². The third kappa shape index (κ3) is 2.21. The van der Waals surface area contributed by atoms with Crippen LogP contribution in [0.15, 0.2) is 34.9 Å². The van der Waals surface area contributed by atoms with Crippen LogP contribution in [0, 0.1) is 0 Å². The predicted octanol–water partition coefficient (Wildman–Crippen LogP) is 3.33. The second-order valence-corrected chi connectivity index (χ2v) is 4.66. The van der Waals surface area contributed by atoms with E-state index in [9.17, 15) is 0 Å². The van der Waals surface area contributed by atoms with Gasteiger partial charge in [-0.05, 0) is 35.0 Å². The topological polar surface area (TPSA) is 30.7 Å². The molecule has 1 unspecified atom stereocenters. The van der Waals surface area contributed by atoms with E-state index < -0.39 is 0 Å². The lowest BCUT2D eigenvalue weighted by Gasteiger charge is -2.01. The van der Waals surface area contributed by atoms with Gasteiger partial charge in [0.2, 0.25) is 0 Å². The highest BCUT2D eigenvalue weighted by atomic mass is 79.9. The van der Waals surface area contributed by atoms with Gasteiger partial charge in [0.15, 0.2) is 0 Å². The van der Waals surface area contributed by atoms with Gasteiger partial charge in [-0.2, -0.15) is 0 Å². The fourth-order valence-electron chi connectivity index (χ4n) is 1.21. The van der Waals surface area contributed by atoms with Gasteiger partial charge < -0.3 is 0 Å². The Hall–Kier alpha value is -0.870. The maximum Gasteiger partial charge on any atom is 0.101 e. The van der Waals surface area contributed by atoms with Gasteiger partial charge in [-0.1, -0.05) is 17.3 Å². The summed E-state index contributed by atoms with van der Waals surface area (Å²) in [5.74, 6) is 0. The molecule has 0 radical (unpaired) electrons. The van der Waals surface area contributed by atoms with Gasteiger partial charge >= 0.3 is 0 Å². The second kappa shape index (κ2) is 4.33. The van der Waals surface area contributed by atoms with Crippen LogP contribution in [0.25, 0.3) is 5.69 Å². The molecule has 0 aliphatic carbocycles. The van der Waals surface area contributed by atoms with Gasteiger partial charge in [-0.25, -0.2) is 4.68 Å². The summed E-state index contributed by atoms with van der Waals surface area (Å²) in [7, 11) is 0. The fraction of sp³-hybridized carbons (Fsp3) is 0.200. The molecule has 0 bridgehead atoms. The van der Waals surface area contributed by atoms with Crippen molar-refractivity contribution in [2.75, 3.05) is 0 Å². The average Bonchev–Trinajstić information content (AvgIpc) is 2.67. The standard InChI is InChI=1S/C10H9BrClN3/c1-7(12)9-6-15(14-13-9)10-5-3-2-4-8(10)11/h2-7H,1H3. The van der Waals surface area contributed by atoms with Crippen LogP contribution in [-0.4, -0.2) is 15.0 Å². The predicted molar refractivity (Wildman–Crippen MR) is 63.3 cm³/mol. The number of para-hydroxylation sites is 1. The number of rotatable bonds is 2. The van der Waals surface area contributed by atoms with E-state index in [4.69, 9.17) is 11.6 Å². The minimum atomic E-state index is -0.124. The molecule has 1 atom stereocenters. The molecule has 0 aliphatic rings. The Balaban J connectivity index is 2.42. The van der Waals surface area contributed by atoms with Gasteiger partial charge in [0, 0.05) is 4.47 Å². The molecule has 2 rings (SSSR count). The number of nitrogens with zero attached hydrogens (tertiary/aromatic N) is 3. The number of halogens is 2. The van der Waals surface area contributed by atoms with Crippen LogP contribution < -0.4 is 0 Å². The number of hydrogen-bond acceptors (Lipinski definition) is 2. The van der Waals surface area contributed by atoms with Gasteiger partial charge in [-0.3, -0.25) is 0 Å². The monoisotopic (exact) mass is 285 g/mol. The second-order valence-electron chi connectivity index (χ2n) is 3.16. The van der Waals surface area contributed by atoms with Gasteiger partial charge in [0.05, 0.1) is 17.3 Å². The third-order valence-electron chi connectivity index (χ3n) is 2.02. The summed E-state index contributed by atoms with van der Waals surface area (Å²) in [5.41, 5.74) is 1.72. The number of alkyl halides is 1. The lowest BCUT2D eigenvalue weighted by Crippen LogP contribution is -1.95. The number of benzene rings is 1. The van der Waals surface area contributed by atoms with Crippen LogP contribution in [-0.2, 0) is 0 Å². The van der Waals surface area contributed by atoms with E-state index in [1.807, 2.05) is 37.4 Å². The molecule has 1 aromatic heterocycles. The van der Waals surface area contributed by atoms with Crippen molar-refractivity contribution in [2.45, 2.75) is 12.3 Å². The zero-order chi connectivity index (χ0) is 10.8. The number of hydrogen-bond donors (Lipinski definition) is 0. The Labute approximate surface area is 101 Å². The van der Waals surface area contributed by atoms with Crippen LogP contribution >= 0.6 is 27.5 Å². The SMILES string of the molecule is CC(Cl)c1cn(-c2ccccc2Br)nn1. The molecular weight excluding hydrogens is 277 g/mol. The molecule has 1 aromatic carbocycles. The van der Waals surface area contributed by atoms with Crippen molar-refractivity contribution < 1.29 is 0 Å². The van der Waals surface area contributed by atoms with Crippen LogP contribution in [0.5, 0.6) is 0 Å². The highest BCUT2D eigenvalue weighted by molar-refractivity contribution is 9.10. The summed E-state index contributed by atoms with van der Waals surface area (Å²) < 4.78 is 2.68. The molecule has 5 heteroatoms. The third-order valence-corrected chi connectivity index (χ3v) is 2.91. The molecule has 3 nitrogen and oxygen atoms in total. The summed E-state index contributed by atoms with van der Waals surface area (Å²) >= 11 is 9.37. The Kier molecular flexibility index (Phi) is 3.07. The Bertz CT molecular complexity index is 467. The zero-order valence-electron chi connectivity index (χ0n) is 8.06. The largest absolute Gasteiger partial charge is 0.219 e. The molecule has 0 N–H and O–H groups in total. The Morgan fingerprint density at radius 3 is 2.73 bits per heavy atom. The maximum atomic E-state index is 5.92. The van der Waals surface area contributed by atoms with Crippen molar-refractivity contribution in [3.05, 3.63) is 40.6 Å². The smallest absolute Gasteiger partial charge is 0.101 e. The molecule has 0 spiro atoms. The zero-order valence-corrected chi connectivity index (χ0v) is 10.4. The van der Waals surface area contributed by atoms with E-state index in [0.717, 1.165) is 15.9 Å². The molecular formula is C10H9BrClN3. The van der Waals surface area contributed by atoms with Gasteiger partial charge in [-0.15, -0.1) is 16.7 Å². The Morgan fingerprint density at radius 1 is 1.40 bits per heavy atom. The molecule has 2 aromatic rings. The fourth-order valence-corrected chi connectivity index (χ4v) is 1.78. The molecule has 0 amide bonds. The first-order valence-corrected chi connectivity index (χ1v) is 5.72. The van der Waals surface area contributed by atoms with Crippen molar-refractivity contribution in [1.29, 1.82) is 0 Å². The molecule has 0 saturated carbocycles. The van der Waals surface area contributed by atoms with E-state index in [1.165, 1.54) is 0 Å². The van der Waals surface area contributed by atoms with Crippen molar-refractivity contribution in [3.8, 4) is 5.69 Å². The first-order valence-electron chi connectivity index (χ1n) is 4.49. The van der Waals surface area contributed by atoms with E-state index in [2.05, 4.69) is 26.2 Å². The Morgan fingerprint density at radius 2 is 2.13 bits per heavy atom. The normalized spacial score (nSPS) is 12.7. The van der Waals surface area contributed by atoms with E-state index >= 15 is 0 Å². The summed E-state index contributed by atoms with van der Waals surface area (Å²) in [6.07, 6.45) is 1.83. The summed E-state index contributed by atoms with van der Waals surface area (Å²) in [5, 5.41) is 7.89. The molecule has 78 valence electrons. The summed E-state index contributed by atoms with van der Waals surface area (Å²) in [4.78, 5) is 0. The minimum Gasteiger partial charge on any atom is -0.219 e. The van der Waals surface area contributed by atoms with Crippen LogP contribution in [0.4, 0.5) is 0 Å². The highest BCUT2D eigenvalue weighted by Gasteiger charge is 2.08. The van der Waals surface area contributed by atoms with Crippen LogP contribution in [0.1, 0.15) is 18.0 Å². The summed E-state index contributed by atoms with van der Waals surface area (Å²) in [6.45, 7) is 1.87.